The van der Waals surface area contributed by atoms with Gasteiger partial charge >= 0.3 is 12.1 Å². The third-order valence-corrected chi connectivity index (χ3v) is 6.42. The quantitative estimate of drug-likeness (QED) is 0.276. The maximum Gasteiger partial charge on any atom is 0.416 e. The molecular formula is C22H14Cl2F3NO4S. The van der Waals surface area contributed by atoms with E-state index >= 15 is 0 Å². The van der Waals surface area contributed by atoms with Crippen molar-refractivity contribution >= 4 is 52.4 Å². The second-order valence-corrected chi connectivity index (χ2v) is 8.42. The largest absolute Gasteiger partial charge is 0.480 e. The van der Waals surface area contributed by atoms with Gasteiger partial charge in [-0.15, -0.1) is 11.3 Å². The zero-order chi connectivity index (χ0) is 24.3. The number of thiazole rings is 1. The number of hydrogen-bond donors (Lipinski definition) is 1. The topological polar surface area (TPSA) is 76.5 Å². The van der Waals surface area contributed by atoms with E-state index in [9.17, 15) is 22.8 Å². The van der Waals surface area contributed by atoms with Crippen LogP contribution in [0.15, 0.2) is 42.5 Å². The molecule has 1 heterocycles. The molecule has 0 atom stereocenters. The number of hydrogen-bond acceptors (Lipinski definition) is 5. The zero-order valence-electron chi connectivity index (χ0n) is 16.7. The van der Waals surface area contributed by atoms with Gasteiger partial charge in [0.25, 0.3) is 0 Å². The molecular weight excluding hydrogens is 502 g/mol. The smallest absolute Gasteiger partial charge is 0.416 e. The third kappa shape index (κ3) is 5.93. The van der Waals surface area contributed by atoms with Gasteiger partial charge in [0.1, 0.15) is 15.8 Å². The minimum absolute atomic E-state index is 0.00563. The normalized spacial score (nSPS) is 11.7. The molecule has 3 aromatic rings. The number of benzene rings is 2. The van der Waals surface area contributed by atoms with E-state index in [1.54, 1.807) is 6.92 Å². The molecule has 0 spiro atoms. The second-order valence-electron chi connectivity index (χ2n) is 6.67. The van der Waals surface area contributed by atoms with E-state index in [-0.39, 0.29) is 21.6 Å². The summed E-state index contributed by atoms with van der Waals surface area (Å²) in [7, 11) is 0. The third-order valence-electron chi connectivity index (χ3n) is 4.32. The van der Waals surface area contributed by atoms with Gasteiger partial charge in [0.05, 0.1) is 21.2 Å². The van der Waals surface area contributed by atoms with Gasteiger partial charge in [-0.3, -0.25) is 4.79 Å². The maximum atomic E-state index is 12.8. The molecule has 172 valence electrons. The van der Waals surface area contributed by atoms with Crippen molar-refractivity contribution < 1.29 is 32.6 Å². The van der Waals surface area contributed by atoms with Gasteiger partial charge in [-0.05, 0) is 48.9 Å². The predicted molar refractivity (Wildman–Crippen MR) is 120 cm³/mol. The first-order chi connectivity index (χ1) is 15.5. The molecule has 1 aromatic heterocycles. The fraction of sp³-hybridized carbons (Fsp3) is 0.136. The lowest BCUT2D eigenvalue weighted by atomic mass is 10.1. The molecule has 5 nitrogen and oxygen atoms in total. The Balaban J connectivity index is 1.79. The Kier molecular flexibility index (Phi) is 7.46. The number of aryl methyl sites for hydroxylation is 1. The number of rotatable bonds is 7. The predicted octanol–water partition coefficient (Wildman–Crippen LogP) is 6.80. The van der Waals surface area contributed by atoms with Crippen molar-refractivity contribution in [3.05, 3.63) is 74.2 Å². The average Bonchev–Trinajstić information content (AvgIpc) is 3.15. The van der Waals surface area contributed by atoms with E-state index in [0.29, 0.717) is 26.7 Å². The molecule has 33 heavy (non-hydrogen) atoms. The van der Waals surface area contributed by atoms with Crippen LogP contribution in [-0.2, 0) is 11.0 Å². The highest BCUT2D eigenvalue weighted by Gasteiger charge is 2.30. The maximum absolute atomic E-state index is 12.8. The Morgan fingerprint density at radius 1 is 1.12 bits per heavy atom. The van der Waals surface area contributed by atoms with Gasteiger partial charge < -0.3 is 9.84 Å². The number of ketones is 1. The number of aromatic nitrogens is 1. The van der Waals surface area contributed by atoms with E-state index in [1.165, 1.54) is 36.4 Å². The number of carbonyl (C=O) groups excluding carboxylic acids is 1. The minimum atomic E-state index is -4.44. The lowest BCUT2D eigenvalue weighted by Gasteiger charge is -2.08. The highest BCUT2D eigenvalue weighted by atomic mass is 35.5. The number of carbonyl (C=O) groups is 2. The summed E-state index contributed by atoms with van der Waals surface area (Å²) in [5.74, 6) is -1.46. The molecule has 3 rings (SSSR count). The Morgan fingerprint density at radius 3 is 2.39 bits per heavy atom. The van der Waals surface area contributed by atoms with Crippen molar-refractivity contribution in [3.8, 4) is 16.3 Å². The lowest BCUT2D eigenvalue weighted by Crippen LogP contribution is -2.09. The van der Waals surface area contributed by atoms with E-state index in [0.717, 1.165) is 23.5 Å². The molecule has 0 radical (unpaired) electrons. The molecule has 0 saturated carbocycles. The monoisotopic (exact) mass is 515 g/mol. The summed E-state index contributed by atoms with van der Waals surface area (Å²) in [6.45, 7) is 1.04. The number of alkyl halides is 3. The number of aliphatic carboxylic acids is 1. The first-order valence-electron chi connectivity index (χ1n) is 9.17. The van der Waals surface area contributed by atoms with Crippen LogP contribution >= 0.6 is 34.5 Å². The van der Waals surface area contributed by atoms with Gasteiger partial charge in [-0.25, -0.2) is 9.78 Å². The van der Waals surface area contributed by atoms with Crippen LogP contribution < -0.4 is 4.74 Å². The molecule has 0 amide bonds. The lowest BCUT2D eigenvalue weighted by molar-refractivity contribution is -0.139. The molecule has 11 heteroatoms. The molecule has 2 aromatic carbocycles. The summed E-state index contributed by atoms with van der Waals surface area (Å²) < 4.78 is 43.3. The zero-order valence-corrected chi connectivity index (χ0v) is 19.1. The number of halogens is 5. The van der Waals surface area contributed by atoms with Crippen LogP contribution in [0.4, 0.5) is 13.2 Å². The highest BCUT2D eigenvalue weighted by molar-refractivity contribution is 7.17. The first kappa shape index (κ1) is 24.8. The molecule has 0 bridgehead atoms. The van der Waals surface area contributed by atoms with E-state index < -0.39 is 24.3 Å². The average molecular weight is 516 g/mol. The second kappa shape index (κ2) is 9.94. The molecule has 0 saturated heterocycles. The van der Waals surface area contributed by atoms with Gasteiger partial charge in [0.15, 0.2) is 12.4 Å². The van der Waals surface area contributed by atoms with Crippen molar-refractivity contribution in [3.63, 3.8) is 0 Å². The fourth-order valence-corrected chi connectivity index (χ4v) is 4.16. The van der Waals surface area contributed by atoms with Crippen LogP contribution in [0.1, 0.15) is 26.5 Å². The van der Waals surface area contributed by atoms with Crippen molar-refractivity contribution in [2.75, 3.05) is 6.61 Å². The molecule has 0 aliphatic carbocycles. The number of ether oxygens (including phenoxy) is 1. The molecule has 0 aliphatic heterocycles. The van der Waals surface area contributed by atoms with Gasteiger partial charge in [-0.2, -0.15) is 13.2 Å². The van der Waals surface area contributed by atoms with Gasteiger partial charge in [-0.1, -0.05) is 35.3 Å². The van der Waals surface area contributed by atoms with E-state index in [1.807, 2.05) is 0 Å². The van der Waals surface area contributed by atoms with Crippen LogP contribution in [0.5, 0.6) is 5.75 Å². The Hall–Kier alpha value is -2.88. The Labute approximate surface area is 200 Å². The standard InChI is InChI=1S/C22H14Cl2F3NO4S/c1-11-20(33-21(28-11)13-2-6-14(7-3-13)22(25,26)27)15(29)8-4-12-5-9-16(19(24)18(12)23)32-10-17(30)31/h2-9H,10H2,1H3,(H,30,31)/b8-4-. The number of nitrogens with zero attached hydrogens (tertiary/aromatic N) is 1. The summed E-state index contributed by atoms with van der Waals surface area (Å²) >= 11 is 13.4. The van der Waals surface area contributed by atoms with Crippen LogP contribution in [-0.4, -0.2) is 28.4 Å². The number of carboxylic acid groups (broad SMARTS) is 1. The summed E-state index contributed by atoms with van der Waals surface area (Å²) in [6, 6.07) is 7.48. The van der Waals surface area contributed by atoms with Crippen LogP contribution in [0.2, 0.25) is 10.0 Å². The van der Waals surface area contributed by atoms with Crippen molar-refractivity contribution in [2.45, 2.75) is 13.1 Å². The Bertz CT molecular complexity index is 1240. The first-order valence-corrected chi connectivity index (χ1v) is 10.7. The van der Waals surface area contributed by atoms with Crippen LogP contribution in [0.3, 0.4) is 0 Å². The fourth-order valence-electron chi connectivity index (χ4n) is 2.72. The SMILES string of the molecule is Cc1nc(-c2ccc(C(F)(F)F)cc2)sc1C(=O)/C=C\c1ccc(OCC(=O)O)c(Cl)c1Cl. The summed E-state index contributed by atoms with van der Waals surface area (Å²) in [5.41, 5.74) is 0.536. The van der Waals surface area contributed by atoms with Crippen molar-refractivity contribution in [2.24, 2.45) is 0 Å². The summed E-state index contributed by atoms with van der Waals surface area (Å²) in [6.07, 6.45) is -1.73. The number of allylic oxidation sites excluding steroid dienone is 1. The molecule has 0 aliphatic rings. The van der Waals surface area contributed by atoms with E-state index in [2.05, 4.69) is 4.98 Å². The van der Waals surface area contributed by atoms with Crippen LogP contribution in [0.25, 0.3) is 16.6 Å². The highest BCUT2D eigenvalue weighted by Crippen LogP contribution is 2.36. The summed E-state index contributed by atoms with van der Waals surface area (Å²) in [4.78, 5) is 27.9. The summed E-state index contributed by atoms with van der Waals surface area (Å²) in [5, 5.41) is 9.19. The Morgan fingerprint density at radius 2 is 1.79 bits per heavy atom. The van der Waals surface area contributed by atoms with Crippen molar-refractivity contribution in [1.82, 2.24) is 4.98 Å². The molecule has 1 N–H and O–H groups in total. The van der Waals surface area contributed by atoms with Gasteiger partial charge in [0.2, 0.25) is 0 Å². The van der Waals surface area contributed by atoms with Gasteiger partial charge in [0, 0.05) is 5.56 Å². The van der Waals surface area contributed by atoms with E-state index in [4.69, 9.17) is 33.0 Å². The van der Waals surface area contributed by atoms with Crippen molar-refractivity contribution in [1.29, 1.82) is 0 Å². The molecule has 0 fully saturated rings. The minimum Gasteiger partial charge on any atom is -0.480 e. The number of carboxylic acids is 1. The molecule has 0 unspecified atom stereocenters. The van der Waals surface area contributed by atoms with Crippen LogP contribution in [0, 0.1) is 6.92 Å².